The highest BCUT2D eigenvalue weighted by molar-refractivity contribution is 6.30. The van der Waals surface area contributed by atoms with Gasteiger partial charge in [0.25, 0.3) is 5.91 Å². The topological polar surface area (TPSA) is 57.3 Å². The first-order valence-corrected chi connectivity index (χ1v) is 9.96. The number of nitrogens with one attached hydrogen (secondary N) is 2. The molecule has 27 heavy (non-hydrogen) atoms. The number of aromatic nitrogens is 1. The number of carbonyl (C=O) groups is 1. The van der Waals surface area contributed by atoms with Crippen molar-refractivity contribution in [2.45, 2.75) is 31.7 Å². The van der Waals surface area contributed by atoms with Crippen LogP contribution in [0.1, 0.15) is 47.6 Å². The van der Waals surface area contributed by atoms with E-state index in [9.17, 15) is 4.79 Å². The molecule has 1 aliphatic heterocycles. The summed E-state index contributed by atoms with van der Waals surface area (Å²) in [6.07, 6.45) is 6.61. The van der Waals surface area contributed by atoms with Crippen molar-refractivity contribution in [2.75, 3.05) is 32.0 Å². The van der Waals surface area contributed by atoms with Gasteiger partial charge < -0.3 is 10.6 Å². The number of likely N-dealkylation sites (tertiary alicyclic amines) is 1. The zero-order chi connectivity index (χ0) is 19.1. The molecule has 1 aromatic carbocycles. The lowest BCUT2D eigenvalue weighted by Crippen LogP contribution is -2.38. The van der Waals surface area contributed by atoms with E-state index >= 15 is 0 Å². The van der Waals surface area contributed by atoms with E-state index in [1.807, 2.05) is 12.1 Å². The van der Waals surface area contributed by atoms with Gasteiger partial charge in [-0.15, -0.1) is 0 Å². The normalized spacial score (nSPS) is 16.4. The molecule has 144 valence electrons. The minimum absolute atomic E-state index is 0.0808. The van der Waals surface area contributed by atoms with Crippen LogP contribution in [0.25, 0.3) is 0 Å². The zero-order valence-corrected chi connectivity index (χ0v) is 16.5. The number of anilines is 1. The Hall–Kier alpha value is -2.11. The van der Waals surface area contributed by atoms with Crippen molar-refractivity contribution in [2.24, 2.45) is 0 Å². The van der Waals surface area contributed by atoms with Crippen molar-refractivity contribution in [1.82, 2.24) is 15.2 Å². The zero-order valence-electron chi connectivity index (χ0n) is 15.7. The largest absolute Gasteiger partial charge is 0.373 e. The van der Waals surface area contributed by atoms with Crippen LogP contribution in [0.3, 0.4) is 0 Å². The minimum Gasteiger partial charge on any atom is -0.373 e. The Balaban J connectivity index is 1.74. The SMILES string of the molecule is CNc1cc(C(=O)NC[C@@H](c2ccc(Cl)cc2)N2CCCCCC2)ccn1. The summed E-state index contributed by atoms with van der Waals surface area (Å²) in [5.41, 5.74) is 1.80. The Morgan fingerprint density at radius 2 is 1.85 bits per heavy atom. The third-order valence-electron chi connectivity index (χ3n) is 5.07. The van der Waals surface area contributed by atoms with Gasteiger partial charge in [0.2, 0.25) is 0 Å². The van der Waals surface area contributed by atoms with E-state index in [1.54, 1.807) is 25.4 Å². The van der Waals surface area contributed by atoms with Crippen LogP contribution in [-0.2, 0) is 0 Å². The molecule has 1 aliphatic rings. The fourth-order valence-corrected chi connectivity index (χ4v) is 3.68. The Bertz CT molecular complexity index is 742. The fraction of sp³-hybridized carbons (Fsp3) is 0.429. The van der Waals surface area contributed by atoms with Crippen molar-refractivity contribution in [3.8, 4) is 0 Å². The number of hydrogen-bond acceptors (Lipinski definition) is 4. The first-order chi connectivity index (χ1) is 13.2. The second-order valence-electron chi connectivity index (χ2n) is 6.91. The summed E-state index contributed by atoms with van der Waals surface area (Å²) >= 11 is 6.07. The maximum absolute atomic E-state index is 12.6. The van der Waals surface area contributed by atoms with Crippen molar-refractivity contribution in [3.63, 3.8) is 0 Å². The molecule has 1 amide bonds. The minimum atomic E-state index is -0.0808. The van der Waals surface area contributed by atoms with E-state index < -0.39 is 0 Å². The maximum Gasteiger partial charge on any atom is 0.251 e. The summed E-state index contributed by atoms with van der Waals surface area (Å²) in [6.45, 7) is 2.68. The van der Waals surface area contributed by atoms with E-state index in [0.717, 1.165) is 18.1 Å². The van der Waals surface area contributed by atoms with E-state index in [4.69, 9.17) is 11.6 Å². The summed E-state index contributed by atoms with van der Waals surface area (Å²) in [7, 11) is 1.79. The Labute approximate surface area is 166 Å². The van der Waals surface area contributed by atoms with Crippen LogP contribution in [0.4, 0.5) is 5.82 Å². The van der Waals surface area contributed by atoms with E-state index in [1.165, 1.54) is 31.2 Å². The number of pyridine rings is 1. The Morgan fingerprint density at radius 1 is 1.15 bits per heavy atom. The van der Waals surface area contributed by atoms with Gasteiger partial charge in [0, 0.05) is 30.4 Å². The van der Waals surface area contributed by atoms with Crippen LogP contribution in [0, 0.1) is 0 Å². The molecule has 3 rings (SSSR count). The van der Waals surface area contributed by atoms with Crippen molar-refractivity contribution in [1.29, 1.82) is 0 Å². The van der Waals surface area contributed by atoms with Gasteiger partial charge in [0.1, 0.15) is 5.82 Å². The predicted molar refractivity (Wildman–Crippen MR) is 110 cm³/mol. The monoisotopic (exact) mass is 386 g/mol. The summed E-state index contributed by atoms with van der Waals surface area (Å²) in [6, 6.07) is 11.6. The summed E-state index contributed by atoms with van der Waals surface area (Å²) in [5, 5.41) is 6.81. The fourth-order valence-electron chi connectivity index (χ4n) is 3.55. The molecule has 1 fully saturated rings. The van der Waals surface area contributed by atoms with Crippen molar-refractivity contribution in [3.05, 3.63) is 58.7 Å². The summed E-state index contributed by atoms with van der Waals surface area (Å²) in [5.74, 6) is 0.604. The molecule has 6 heteroatoms. The molecule has 2 heterocycles. The highest BCUT2D eigenvalue weighted by Crippen LogP contribution is 2.25. The number of hydrogen-bond donors (Lipinski definition) is 2. The number of nitrogens with zero attached hydrogens (tertiary/aromatic N) is 2. The molecule has 2 N–H and O–H groups in total. The van der Waals surface area contributed by atoms with Gasteiger partial charge >= 0.3 is 0 Å². The molecule has 5 nitrogen and oxygen atoms in total. The standard InChI is InChI=1S/C21H27ClN4O/c1-23-20-14-17(10-11-24-20)21(27)25-15-19(16-6-8-18(22)9-7-16)26-12-4-2-3-5-13-26/h6-11,14,19H,2-5,12-13,15H2,1H3,(H,23,24)(H,25,27)/t19-/m0/s1. The maximum atomic E-state index is 12.6. The third kappa shape index (κ3) is 5.44. The second kappa shape index (κ2) is 9.72. The predicted octanol–water partition coefficient (Wildman–Crippen LogP) is 4.12. The average Bonchev–Trinajstić information content (AvgIpc) is 2.99. The molecule has 0 radical (unpaired) electrons. The smallest absolute Gasteiger partial charge is 0.251 e. The molecule has 1 saturated heterocycles. The molecule has 0 spiro atoms. The van der Waals surface area contributed by atoms with Crippen LogP contribution in [-0.4, -0.2) is 42.5 Å². The highest BCUT2D eigenvalue weighted by atomic mass is 35.5. The molecule has 1 atom stereocenters. The van der Waals surface area contributed by atoms with Crippen molar-refractivity contribution < 1.29 is 4.79 Å². The lowest BCUT2D eigenvalue weighted by Gasteiger charge is -2.31. The number of rotatable bonds is 6. The lowest BCUT2D eigenvalue weighted by molar-refractivity contribution is 0.0933. The first kappa shape index (κ1) is 19.6. The van der Waals surface area contributed by atoms with E-state index in [2.05, 4.69) is 32.7 Å². The Kier molecular flexibility index (Phi) is 7.07. The van der Waals surface area contributed by atoms with Crippen LogP contribution in [0.2, 0.25) is 5.02 Å². The van der Waals surface area contributed by atoms with E-state index in [-0.39, 0.29) is 11.9 Å². The van der Waals surface area contributed by atoms with Gasteiger partial charge in [-0.1, -0.05) is 36.6 Å². The second-order valence-corrected chi connectivity index (χ2v) is 7.34. The molecule has 0 bridgehead atoms. The van der Waals surface area contributed by atoms with Gasteiger partial charge in [0.05, 0.1) is 6.04 Å². The van der Waals surface area contributed by atoms with Gasteiger partial charge in [-0.2, -0.15) is 0 Å². The number of carbonyl (C=O) groups excluding carboxylic acids is 1. The number of benzene rings is 1. The van der Waals surface area contributed by atoms with Gasteiger partial charge in [-0.3, -0.25) is 9.69 Å². The van der Waals surface area contributed by atoms with Gasteiger partial charge in [-0.25, -0.2) is 4.98 Å². The summed E-state index contributed by atoms with van der Waals surface area (Å²) < 4.78 is 0. The van der Waals surface area contributed by atoms with Gasteiger partial charge in [0.15, 0.2) is 0 Å². The summed E-state index contributed by atoms with van der Waals surface area (Å²) in [4.78, 5) is 19.3. The van der Waals surface area contributed by atoms with Crippen LogP contribution in [0.5, 0.6) is 0 Å². The van der Waals surface area contributed by atoms with Crippen LogP contribution >= 0.6 is 11.6 Å². The van der Waals surface area contributed by atoms with Crippen molar-refractivity contribution >= 4 is 23.3 Å². The molecule has 0 aliphatic carbocycles. The molecule has 2 aromatic rings. The Morgan fingerprint density at radius 3 is 2.52 bits per heavy atom. The number of amides is 1. The average molecular weight is 387 g/mol. The molecule has 0 unspecified atom stereocenters. The molecular weight excluding hydrogens is 360 g/mol. The molecular formula is C21H27ClN4O. The highest BCUT2D eigenvalue weighted by Gasteiger charge is 2.22. The van der Waals surface area contributed by atoms with E-state index in [0.29, 0.717) is 17.9 Å². The molecule has 1 aromatic heterocycles. The van der Waals surface area contributed by atoms with Crippen LogP contribution in [0.15, 0.2) is 42.6 Å². The quantitative estimate of drug-likeness (QED) is 0.783. The van der Waals surface area contributed by atoms with Crippen LogP contribution < -0.4 is 10.6 Å². The number of halogens is 1. The first-order valence-electron chi connectivity index (χ1n) is 9.59. The third-order valence-corrected chi connectivity index (χ3v) is 5.32. The molecule has 0 saturated carbocycles. The van der Waals surface area contributed by atoms with Gasteiger partial charge in [-0.05, 0) is 55.8 Å². The lowest BCUT2D eigenvalue weighted by atomic mass is 10.0.